The number of anilines is 4. The first-order chi connectivity index (χ1) is 30.5. The van der Waals surface area contributed by atoms with Crippen molar-refractivity contribution in [3.8, 4) is 28.8 Å². The van der Waals surface area contributed by atoms with Crippen LogP contribution in [0.1, 0.15) is 72.9 Å². The van der Waals surface area contributed by atoms with Gasteiger partial charge in [0, 0.05) is 92.6 Å². The fourth-order valence-corrected chi connectivity index (χ4v) is 8.21. The number of ether oxygens (including phenoxy) is 1. The number of hydrogen-bond donors (Lipinski definition) is 3. The molecule has 0 bridgehead atoms. The number of piperidine rings is 1. The minimum absolute atomic E-state index is 0.184. The standard InChI is InChI=1S/C49H55N9O5/c1-6-45(59)51-39-29-40(53-49-50-25-24-38(52-49)37-31-57(4)41-21-14-13-19-34(37)41)44(63-5)30-43(39)56(3)28-27-55(2)26-15-11-9-7-8-10-12-17-33-18-16-20-35-36(33)32-58(48(35)62)42-22-23-46(60)54-47(42)61/h6,13-14,16,18-21,24-25,29-31,42H,1,7-11,15,22-23,26-28,32H2,2-5H3,(H,51,59)(H,50,52,53)(H,54,60,61). The van der Waals surface area contributed by atoms with Gasteiger partial charge in [-0.2, -0.15) is 0 Å². The summed E-state index contributed by atoms with van der Waals surface area (Å²) in [5, 5.41) is 9.75. The molecule has 3 aromatic carbocycles. The summed E-state index contributed by atoms with van der Waals surface area (Å²) in [6, 6.07) is 18.7. The minimum Gasteiger partial charge on any atom is -0.494 e. The maximum Gasteiger partial charge on any atom is 0.255 e. The van der Waals surface area contributed by atoms with Gasteiger partial charge in [-0.05, 0) is 74.8 Å². The topological polar surface area (TPSA) is 154 Å². The van der Waals surface area contributed by atoms with Crippen LogP contribution in [0.5, 0.6) is 5.75 Å². The van der Waals surface area contributed by atoms with E-state index in [1.54, 1.807) is 24.3 Å². The second-order valence-corrected chi connectivity index (χ2v) is 16.1. The molecule has 1 atom stereocenters. The first kappa shape index (κ1) is 44.1. The highest BCUT2D eigenvalue weighted by Gasteiger charge is 2.39. The smallest absolute Gasteiger partial charge is 0.255 e. The molecule has 14 heteroatoms. The number of carbonyl (C=O) groups is 4. The Labute approximate surface area is 368 Å². The molecule has 4 heterocycles. The Hall–Kier alpha value is -6.98. The van der Waals surface area contributed by atoms with Crippen molar-refractivity contribution in [2.75, 3.05) is 56.4 Å². The van der Waals surface area contributed by atoms with Crippen LogP contribution in [-0.2, 0) is 28.0 Å². The van der Waals surface area contributed by atoms with Gasteiger partial charge >= 0.3 is 0 Å². The molecule has 0 radical (unpaired) electrons. The average molecular weight is 850 g/mol. The lowest BCUT2D eigenvalue weighted by Gasteiger charge is -2.29. The predicted octanol–water partition coefficient (Wildman–Crippen LogP) is 7.03. The van der Waals surface area contributed by atoms with Crippen molar-refractivity contribution >= 4 is 57.5 Å². The summed E-state index contributed by atoms with van der Waals surface area (Å²) in [5.41, 5.74) is 7.15. The molecule has 1 fully saturated rings. The van der Waals surface area contributed by atoms with Crippen LogP contribution in [-0.4, -0.2) is 94.8 Å². The van der Waals surface area contributed by atoms with Gasteiger partial charge in [0.1, 0.15) is 11.8 Å². The molecule has 0 aliphatic carbocycles. The Morgan fingerprint density at radius 2 is 1.79 bits per heavy atom. The van der Waals surface area contributed by atoms with E-state index in [0.717, 1.165) is 90.6 Å². The number of fused-ring (bicyclic) bond motifs is 2. The maximum atomic E-state index is 13.1. The number of nitrogens with zero attached hydrogens (tertiary/aromatic N) is 6. The molecule has 4 amide bonds. The van der Waals surface area contributed by atoms with Crippen molar-refractivity contribution in [3.05, 3.63) is 102 Å². The zero-order valence-corrected chi connectivity index (χ0v) is 36.5. The number of hydrogen-bond acceptors (Lipinski definition) is 10. The number of rotatable bonds is 18. The summed E-state index contributed by atoms with van der Waals surface area (Å²) >= 11 is 0. The number of imide groups is 1. The van der Waals surface area contributed by atoms with Crippen LogP contribution in [0, 0.1) is 11.8 Å². The zero-order chi connectivity index (χ0) is 44.5. The number of aromatic nitrogens is 3. The van der Waals surface area contributed by atoms with Crippen LogP contribution >= 0.6 is 0 Å². The van der Waals surface area contributed by atoms with Crippen LogP contribution in [0.4, 0.5) is 23.0 Å². The first-order valence-corrected chi connectivity index (χ1v) is 21.5. The van der Waals surface area contributed by atoms with Crippen LogP contribution < -0.4 is 25.6 Å². The van der Waals surface area contributed by atoms with Gasteiger partial charge in [-0.15, -0.1) is 0 Å². The third-order valence-corrected chi connectivity index (χ3v) is 11.7. The molecular weight excluding hydrogens is 795 g/mol. The van der Waals surface area contributed by atoms with Crippen molar-refractivity contribution in [3.63, 3.8) is 0 Å². The molecule has 3 N–H and O–H groups in total. The average Bonchev–Trinajstić information content (AvgIpc) is 3.81. The van der Waals surface area contributed by atoms with E-state index < -0.39 is 11.9 Å². The number of nitrogens with one attached hydrogen (secondary N) is 3. The lowest BCUT2D eigenvalue weighted by atomic mass is 10.0. The van der Waals surface area contributed by atoms with Gasteiger partial charge in [0.05, 0.1) is 29.9 Å². The molecule has 2 aromatic heterocycles. The van der Waals surface area contributed by atoms with Crippen molar-refractivity contribution < 1.29 is 23.9 Å². The molecule has 1 unspecified atom stereocenters. The molecule has 326 valence electrons. The van der Waals surface area contributed by atoms with Gasteiger partial charge in [0.15, 0.2) is 0 Å². The molecule has 2 aliphatic heterocycles. The molecule has 14 nitrogen and oxygen atoms in total. The lowest BCUT2D eigenvalue weighted by molar-refractivity contribution is -0.137. The Balaban J connectivity index is 0.873. The van der Waals surface area contributed by atoms with Crippen LogP contribution in [0.2, 0.25) is 0 Å². The fraction of sp³-hybridized carbons (Fsp3) is 0.347. The van der Waals surface area contributed by atoms with Gasteiger partial charge in [-0.3, -0.25) is 24.5 Å². The number of unbranched alkanes of at least 4 members (excludes halogenated alkanes) is 5. The number of likely N-dealkylation sites (N-methyl/N-ethyl adjacent to an activating group) is 2. The van der Waals surface area contributed by atoms with E-state index in [0.29, 0.717) is 48.1 Å². The normalized spacial score (nSPS) is 14.6. The van der Waals surface area contributed by atoms with Gasteiger partial charge in [-0.1, -0.05) is 61.9 Å². The van der Waals surface area contributed by atoms with E-state index in [9.17, 15) is 19.2 Å². The summed E-state index contributed by atoms with van der Waals surface area (Å²) in [5.74, 6) is 6.32. The van der Waals surface area contributed by atoms with Gasteiger partial charge in [0.2, 0.25) is 23.7 Å². The quantitative estimate of drug-likeness (QED) is 0.0363. The monoisotopic (exact) mass is 849 g/mol. The van der Waals surface area contributed by atoms with Crippen molar-refractivity contribution in [1.82, 2.24) is 29.7 Å². The second kappa shape index (κ2) is 20.3. The van der Waals surface area contributed by atoms with Crippen molar-refractivity contribution in [2.24, 2.45) is 7.05 Å². The second-order valence-electron chi connectivity index (χ2n) is 16.1. The number of benzene rings is 3. The fourth-order valence-electron chi connectivity index (χ4n) is 8.21. The summed E-state index contributed by atoms with van der Waals surface area (Å²) in [4.78, 5) is 65.1. The van der Waals surface area contributed by atoms with Crippen LogP contribution in [0.15, 0.2) is 85.7 Å². The zero-order valence-electron chi connectivity index (χ0n) is 36.5. The summed E-state index contributed by atoms with van der Waals surface area (Å²) < 4.78 is 7.92. The molecule has 0 saturated carbocycles. The Kier molecular flexibility index (Phi) is 14.2. The molecule has 5 aromatic rings. The number of para-hydroxylation sites is 1. The predicted molar refractivity (Wildman–Crippen MR) is 247 cm³/mol. The Morgan fingerprint density at radius 1 is 0.984 bits per heavy atom. The highest BCUT2D eigenvalue weighted by molar-refractivity contribution is 6.06. The highest BCUT2D eigenvalue weighted by Crippen LogP contribution is 2.38. The van der Waals surface area contributed by atoms with Crippen LogP contribution in [0.25, 0.3) is 22.2 Å². The van der Waals surface area contributed by atoms with Gasteiger partial charge in [-0.25, -0.2) is 9.97 Å². The van der Waals surface area contributed by atoms with Gasteiger partial charge < -0.3 is 34.6 Å². The third kappa shape index (κ3) is 10.4. The molecule has 7 rings (SSSR count). The number of carbonyl (C=O) groups excluding carboxylic acids is 4. The first-order valence-electron chi connectivity index (χ1n) is 21.5. The molecule has 1 saturated heterocycles. The molecule has 63 heavy (non-hydrogen) atoms. The summed E-state index contributed by atoms with van der Waals surface area (Å²) in [6.45, 7) is 6.47. The SMILES string of the molecule is C=CC(=O)Nc1cc(Nc2nccc(-c3cn(C)c4ccccc34)n2)c(OC)cc1N(C)CCN(C)CCCCCCCC#Cc1cccc2c1CN(C1CCC(=O)NC1=O)C2=O. The Morgan fingerprint density at radius 3 is 2.60 bits per heavy atom. The van der Waals surface area contributed by atoms with Crippen molar-refractivity contribution in [1.29, 1.82) is 0 Å². The highest BCUT2D eigenvalue weighted by atomic mass is 16.5. The molecule has 2 aliphatic rings. The summed E-state index contributed by atoms with van der Waals surface area (Å²) in [6.07, 6.45) is 11.8. The third-order valence-electron chi connectivity index (χ3n) is 11.7. The van der Waals surface area contributed by atoms with E-state index in [2.05, 4.69) is 79.1 Å². The number of methoxy groups -OCH3 is 1. The van der Waals surface area contributed by atoms with E-state index in [-0.39, 0.29) is 24.1 Å². The maximum absolute atomic E-state index is 13.1. The minimum atomic E-state index is -0.637. The van der Waals surface area contributed by atoms with Gasteiger partial charge in [0.25, 0.3) is 5.91 Å². The molecular formula is C49H55N9O5. The number of aryl methyl sites for hydroxylation is 1. The van der Waals surface area contributed by atoms with E-state index in [1.807, 2.05) is 56.6 Å². The largest absolute Gasteiger partial charge is 0.494 e. The van der Waals surface area contributed by atoms with Crippen molar-refractivity contribution in [2.45, 2.75) is 64.0 Å². The van der Waals surface area contributed by atoms with Crippen LogP contribution in [0.3, 0.4) is 0 Å². The lowest BCUT2D eigenvalue weighted by Crippen LogP contribution is -2.52. The molecule has 0 spiro atoms. The van der Waals surface area contributed by atoms with E-state index in [4.69, 9.17) is 9.72 Å². The Bertz CT molecular complexity index is 2590. The van der Waals surface area contributed by atoms with E-state index >= 15 is 0 Å². The number of amides is 4. The van der Waals surface area contributed by atoms with E-state index in [1.165, 1.54) is 6.08 Å². The summed E-state index contributed by atoms with van der Waals surface area (Å²) in [7, 11) is 7.76.